The van der Waals surface area contributed by atoms with Gasteiger partial charge >= 0.3 is 0 Å². The predicted octanol–water partition coefficient (Wildman–Crippen LogP) is 1.61. The van der Waals surface area contributed by atoms with E-state index in [4.69, 9.17) is 10.5 Å². The van der Waals surface area contributed by atoms with Crippen LogP contribution in [-0.2, 0) is 4.79 Å². The number of nitrogens with zero attached hydrogens (tertiary/aromatic N) is 2. The van der Waals surface area contributed by atoms with Crippen LogP contribution in [0, 0.1) is 0 Å². The Balaban J connectivity index is 3.10. The van der Waals surface area contributed by atoms with Crippen LogP contribution in [0.4, 0.5) is 11.4 Å². The maximum Gasteiger partial charge on any atom is 0.244 e. The summed E-state index contributed by atoms with van der Waals surface area (Å²) in [5.41, 5.74) is 6.49. The van der Waals surface area contributed by atoms with E-state index in [1.807, 2.05) is 32.0 Å². The lowest BCUT2D eigenvalue weighted by Gasteiger charge is -2.25. The lowest BCUT2D eigenvalue weighted by molar-refractivity contribution is -0.120. The number of rotatable bonds is 6. The molecule has 0 aliphatic rings. The van der Waals surface area contributed by atoms with Gasteiger partial charge in [0.2, 0.25) is 11.8 Å². The molecule has 1 aromatic rings. The number of pyridine rings is 1. The molecule has 6 nitrogen and oxygen atoms in total. The van der Waals surface area contributed by atoms with Crippen LogP contribution in [-0.4, -0.2) is 37.6 Å². The van der Waals surface area contributed by atoms with E-state index in [1.54, 1.807) is 13.1 Å². The van der Waals surface area contributed by atoms with E-state index < -0.39 is 5.54 Å². The van der Waals surface area contributed by atoms with Crippen molar-refractivity contribution in [3.63, 3.8) is 0 Å². The maximum absolute atomic E-state index is 12.3. The first-order valence-electron chi connectivity index (χ1n) is 6.64. The van der Waals surface area contributed by atoms with Gasteiger partial charge in [0.15, 0.2) is 0 Å². The van der Waals surface area contributed by atoms with Crippen molar-refractivity contribution in [2.45, 2.75) is 32.2 Å². The van der Waals surface area contributed by atoms with Gasteiger partial charge in [-0.3, -0.25) is 4.79 Å². The van der Waals surface area contributed by atoms with Crippen molar-refractivity contribution in [1.82, 2.24) is 4.98 Å². The summed E-state index contributed by atoms with van der Waals surface area (Å²) in [6.07, 6.45) is 3.08. The molecule has 0 saturated carbocycles. The zero-order chi connectivity index (χ0) is 15.3. The molecule has 0 bridgehead atoms. The van der Waals surface area contributed by atoms with Crippen LogP contribution >= 0.6 is 0 Å². The highest BCUT2D eigenvalue weighted by molar-refractivity contribution is 6.01. The first kappa shape index (κ1) is 16.2. The third kappa shape index (κ3) is 3.60. The van der Waals surface area contributed by atoms with Gasteiger partial charge < -0.3 is 20.7 Å². The summed E-state index contributed by atoms with van der Waals surface area (Å²) in [6, 6.07) is 1.81. The zero-order valence-electron chi connectivity index (χ0n) is 12.9. The van der Waals surface area contributed by atoms with E-state index in [1.165, 1.54) is 7.11 Å². The van der Waals surface area contributed by atoms with E-state index in [9.17, 15) is 4.79 Å². The van der Waals surface area contributed by atoms with Crippen LogP contribution < -0.4 is 20.7 Å². The van der Waals surface area contributed by atoms with E-state index >= 15 is 0 Å². The second kappa shape index (κ2) is 6.56. The topological polar surface area (TPSA) is 80.5 Å². The van der Waals surface area contributed by atoms with Crippen molar-refractivity contribution in [1.29, 1.82) is 0 Å². The molecule has 0 aromatic carbocycles. The van der Waals surface area contributed by atoms with Crippen molar-refractivity contribution >= 4 is 17.3 Å². The number of carbonyl (C=O) groups excluding carboxylic acids is 1. The Morgan fingerprint density at radius 3 is 2.70 bits per heavy atom. The zero-order valence-corrected chi connectivity index (χ0v) is 12.9. The molecular formula is C14H24N4O2. The second-order valence-corrected chi connectivity index (χ2v) is 5.23. The Morgan fingerprint density at radius 1 is 1.55 bits per heavy atom. The predicted molar refractivity (Wildman–Crippen MR) is 81.2 cm³/mol. The molecule has 0 saturated heterocycles. The molecule has 1 atom stereocenters. The van der Waals surface area contributed by atoms with Gasteiger partial charge in [-0.15, -0.1) is 0 Å². The molecule has 0 radical (unpaired) electrons. The molecule has 1 amide bonds. The molecule has 6 heteroatoms. The van der Waals surface area contributed by atoms with Crippen molar-refractivity contribution < 1.29 is 9.53 Å². The largest absolute Gasteiger partial charge is 0.479 e. The highest BCUT2D eigenvalue weighted by Crippen LogP contribution is 2.32. The lowest BCUT2D eigenvalue weighted by atomic mass is 9.96. The Kier molecular flexibility index (Phi) is 5.33. The van der Waals surface area contributed by atoms with Crippen molar-refractivity contribution in [2.75, 3.05) is 31.4 Å². The Hall–Kier alpha value is -1.82. The summed E-state index contributed by atoms with van der Waals surface area (Å²) < 4.78 is 5.22. The van der Waals surface area contributed by atoms with Gasteiger partial charge in [0, 0.05) is 20.3 Å². The molecule has 0 fully saturated rings. The van der Waals surface area contributed by atoms with Gasteiger partial charge in [0.25, 0.3) is 0 Å². The highest BCUT2D eigenvalue weighted by Gasteiger charge is 2.29. The van der Waals surface area contributed by atoms with Crippen molar-refractivity contribution in [2.24, 2.45) is 5.73 Å². The molecule has 1 aromatic heterocycles. The number of nitrogens with one attached hydrogen (secondary N) is 1. The van der Waals surface area contributed by atoms with Gasteiger partial charge in [0.05, 0.1) is 18.3 Å². The van der Waals surface area contributed by atoms with Gasteiger partial charge in [-0.1, -0.05) is 13.3 Å². The Morgan fingerprint density at radius 2 is 2.20 bits per heavy atom. The quantitative estimate of drug-likeness (QED) is 0.827. The van der Waals surface area contributed by atoms with Gasteiger partial charge in [-0.25, -0.2) is 4.98 Å². The summed E-state index contributed by atoms with van der Waals surface area (Å²) in [5.74, 6) is 0.130. The number of methoxy groups -OCH3 is 1. The molecule has 0 spiro atoms. The van der Waals surface area contributed by atoms with Gasteiger partial charge in [-0.05, 0) is 19.4 Å². The summed E-state index contributed by atoms with van der Waals surface area (Å²) in [7, 11) is 5.29. The van der Waals surface area contributed by atoms with Crippen LogP contribution in [0.15, 0.2) is 12.3 Å². The minimum Gasteiger partial charge on any atom is -0.479 e. The smallest absolute Gasteiger partial charge is 0.244 e. The number of amides is 1. The number of anilines is 2. The van der Waals surface area contributed by atoms with Crippen LogP contribution in [0.3, 0.4) is 0 Å². The molecule has 1 unspecified atom stereocenters. The Bertz CT molecular complexity index is 472. The van der Waals surface area contributed by atoms with E-state index in [0.29, 0.717) is 18.0 Å². The first-order chi connectivity index (χ1) is 9.33. The second-order valence-electron chi connectivity index (χ2n) is 5.23. The minimum absolute atomic E-state index is 0.242. The van der Waals surface area contributed by atoms with E-state index in [-0.39, 0.29) is 5.91 Å². The SMILES string of the molecule is CCCC(C)(N)C(=O)Nc1c(N(C)C)ccnc1OC. The normalized spacial score (nSPS) is 13.5. The third-order valence-corrected chi connectivity index (χ3v) is 3.10. The van der Waals surface area contributed by atoms with Crippen LogP contribution in [0.2, 0.25) is 0 Å². The average molecular weight is 280 g/mol. The van der Waals surface area contributed by atoms with Crippen LogP contribution in [0.25, 0.3) is 0 Å². The molecule has 0 aliphatic heterocycles. The third-order valence-electron chi connectivity index (χ3n) is 3.10. The Labute approximate surface area is 120 Å². The summed E-state index contributed by atoms with van der Waals surface area (Å²) in [5, 5.41) is 2.84. The van der Waals surface area contributed by atoms with E-state index in [2.05, 4.69) is 10.3 Å². The molecule has 3 N–H and O–H groups in total. The molecule has 112 valence electrons. The number of aromatic nitrogens is 1. The van der Waals surface area contributed by atoms with Gasteiger partial charge in [0.1, 0.15) is 5.69 Å². The minimum atomic E-state index is -0.917. The average Bonchev–Trinajstić information content (AvgIpc) is 2.38. The standard InChI is InChI=1S/C14H24N4O2/c1-6-8-14(2,15)13(19)17-11-10(18(3)4)7-9-16-12(11)20-5/h7,9H,6,8,15H2,1-5H3,(H,17,19). The maximum atomic E-state index is 12.3. The molecule has 20 heavy (non-hydrogen) atoms. The van der Waals surface area contributed by atoms with Crippen LogP contribution in [0.5, 0.6) is 5.88 Å². The fourth-order valence-electron chi connectivity index (χ4n) is 1.97. The fraction of sp³-hybridized carbons (Fsp3) is 0.571. The summed E-state index contributed by atoms with van der Waals surface area (Å²) >= 11 is 0. The monoisotopic (exact) mass is 280 g/mol. The van der Waals surface area contributed by atoms with Crippen molar-refractivity contribution in [3.05, 3.63) is 12.3 Å². The molecule has 0 aliphatic carbocycles. The fourth-order valence-corrected chi connectivity index (χ4v) is 1.97. The van der Waals surface area contributed by atoms with Gasteiger partial charge in [-0.2, -0.15) is 0 Å². The lowest BCUT2D eigenvalue weighted by Crippen LogP contribution is -2.48. The van der Waals surface area contributed by atoms with E-state index in [0.717, 1.165) is 12.1 Å². The van der Waals surface area contributed by atoms with Crippen LogP contribution in [0.1, 0.15) is 26.7 Å². The molecular weight excluding hydrogens is 256 g/mol. The molecule has 1 rings (SSSR count). The number of ether oxygens (including phenoxy) is 1. The summed E-state index contributed by atoms with van der Waals surface area (Å²) in [4.78, 5) is 18.3. The number of hydrogen-bond acceptors (Lipinski definition) is 5. The molecule has 1 heterocycles. The number of carbonyl (C=O) groups is 1. The van der Waals surface area contributed by atoms with Crippen molar-refractivity contribution in [3.8, 4) is 5.88 Å². The number of nitrogens with two attached hydrogens (primary N) is 1. The number of hydrogen-bond donors (Lipinski definition) is 2. The first-order valence-corrected chi connectivity index (χ1v) is 6.64. The highest BCUT2D eigenvalue weighted by atomic mass is 16.5. The summed E-state index contributed by atoms with van der Waals surface area (Å²) in [6.45, 7) is 3.72.